The van der Waals surface area contributed by atoms with Gasteiger partial charge in [0.15, 0.2) is 11.6 Å². The molecule has 19 heavy (non-hydrogen) atoms. The Morgan fingerprint density at radius 2 is 2.11 bits per heavy atom. The number of fused-ring (bicyclic) bond motifs is 1. The molecule has 0 N–H and O–H groups in total. The largest absolute Gasteiger partial charge is 0.319 e. The van der Waals surface area contributed by atoms with Crippen molar-refractivity contribution in [1.82, 2.24) is 19.3 Å². The number of halogens is 1. The molecule has 4 nitrogen and oxygen atoms in total. The minimum absolute atomic E-state index is 0.264. The Kier molecular flexibility index (Phi) is 2.07. The fourth-order valence-corrected chi connectivity index (χ4v) is 2.56. The van der Waals surface area contributed by atoms with Crippen LogP contribution >= 0.6 is 0 Å². The summed E-state index contributed by atoms with van der Waals surface area (Å²) in [6.07, 6.45) is 4.00. The minimum Gasteiger partial charge on any atom is -0.319 e. The van der Waals surface area contributed by atoms with E-state index in [4.69, 9.17) is 0 Å². The average Bonchev–Trinajstić information content (AvgIpc) is 3.02. The molecule has 2 aromatic heterocycles. The van der Waals surface area contributed by atoms with Crippen LogP contribution in [-0.2, 0) is 7.05 Å². The number of benzene rings is 1. The highest BCUT2D eigenvalue weighted by molar-refractivity contribution is 5.81. The van der Waals surface area contributed by atoms with E-state index in [0.29, 0.717) is 11.6 Å². The third-order valence-corrected chi connectivity index (χ3v) is 3.63. The molecule has 0 saturated heterocycles. The Hall–Kier alpha value is -2.17. The molecular formula is C14H13FN4. The van der Waals surface area contributed by atoms with E-state index in [1.807, 2.05) is 19.2 Å². The first-order valence-corrected chi connectivity index (χ1v) is 6.40. The van der Waals surface area contributed by atoms with Gasteiger partial charge in [-0.15, -0.1) is 0 Å². The fourth-order valence-electron chi connectivity index (χ4n) is 2.56. The van der Waals surface area contributed by atoms with Gasteiger partial charge in [-0.1, -0.05) is 6.07 Å². The smallest absolute Gasteiger partial charge is 0.159 e. The Labute approximate surface area is 109 Å². The molecule has 5 heteroatoms. The molecule has 3 aromatic rings. The molecule has 0 amide bonds. The maximum Gasteiger partial charge on any atom is 0.159 e. The van der Waals surface area contributed by atoms with Gasteiger partial charge in [-0.25, -0.2) is 9.37 Å². The zero-order chi connectivity index (χ0) is 13.0. The van der Waals surface area contributed by atoms with Crippen molar-refractivity contribution in [2.24, 2.45) is 7.05 Å². The summed E-state index contributed by atoms with van der Waals surface area (Å²) < 4.78 is 17.8. The van der Waals surface area contributed by atoms with Crippen LogP contribution in [0.4, 0.5) is 4.39 Å². The molecule has 0 aliphatic heterocycles. The summed E-state index contributed by atoms with van der Waals surface area (Å²) in [6.45, 7) is 0. The number of nitrogens with zero attached hydrogens (tertiary/aromatic N) is 4. The van der Waals surface area contributed by atoms with Gasteiger partial charge in [0.1, 0.15) is 11.2 Å². The minimum atomic E-state index is -0.264. The number of aryl methyl sites for hydroxylation is 1. The molecular weight excluding hydrogens is 243 g/mol. The van der Waals surface area contributed by atoms with Crippen LogP contribution in [0.1, 0.15) is 18.9 Å². The predicted molar refractivity (Wildman–Crippen MR) is 70.2 cm³/mol. The van der Waals surface area contributed by atoms with Crippen molar-refractivity contribution in [3.8, 4) is 11.5 Å². The van der Waals surface area contributed by atoms with Crippen LogP contribution in [0.3, 0.4) is 0 Å². The topological polar surface area (TPSA) is 35.6 Å². The van der Waals surface area contributed by atoms with Gasteiger partial charge < -0.3 is 4.57 Å². The molecule has 0 atom stereocenters. The van der Waals surface area contributed by atoms with Crippen LogP contribution in [0, 0.1) is 5.82 Å². The van der Waals surface area contributed by atoms with Gasteiger partial charge >= 0.3 is 0 Å². The number of aromatic nitrogens is 4. The van der Waals surface area contributed by atoms with E-state index in [-0.39, 0.29) is 5.82 Å². The number of hydrogen-bond donors (Lipinski definition) is 0. The number of para-hydroxylation sites is 1. The SMILES string of the molecule is Cn1nccc1-c1nc2c(F)cccc2n1C1CC1. The maximum absolute atomic E-state index is 13.9. The van der Waals surface area contributed by atoms with Crippen molar-refractivity contribution in [2.75, 3.05) is 0 Å². The molecule has 1 aromatic carbocycles. The van der Waals surface area contributed by atoms with E-state index in [2.05, 4.69) is 14.6 Å². The van der Waals surface area contributed by atoms with Crippen molar-refractivity contribution < 1.29 is 4.39 Å². The molecule has 2 heterocycles. The van der Waals surface area contributed by atoms with Crippen LogP contribution < -0.4 is 0 Å². The van der Waals surface area contributed by atoms with Crippen molar-refractivity contribution in [3.63, 3.8) is 0 Å². The molecule has 1 aliphatic rings. The summed E-state index contributed by atoms with van der Waals surface area (Å²) in [7, 11) is 1.88. The van der Waals surface area contributed by atoms with E-state index < -0.39 is 0 Å². The van der Waals surface area contributed by atoms with E-state index >= 15 is 0 Å². The Balaban J connectivity index is 2.07. The summed E-state index contributed by atoms with van der Waals surface area (Å²) in [5.74, 6) is 0.544. The standard InChI is InChI=1S/C14H13FN4/c1-18-12(7-8-16-18)14-17-13-10(15)3-2-4-11(13)19(14)9-5-6-9/h2-4,7-9H,5-6H2,1H3. The van der Waals surface area contributed by atoms with Gasteiger partial charge in [-0.2, -0.15) is 5.10 Å². The molecule has 96 valence electrons. The molecule has 0 spiro atoms. The van der Waals surface area contributed by atoms with Gasteiger partial charge in [-0.05, 0) is 31.0 Å². The van der Waals surface area contributed by atoms with E-state index in [1.165, 1.54) is 6.07 Å². The van der Waals surface area contributed by atoms with Gasteiger partial charge in [-0.3, -0.25) is 4.68 Å². The van der Waals surface area contributed by atoms with Gasteiger partial charge in [0.05, 0.1) is 5.52 Å². The summed E-state index contributed by atoms with van der Waals surface area (Å²) in [5, 5.41) is 4.18. The number of imidazole rings is 1. The second kappa shape index (κ2) is 3.66. The van der Waals surface area contributed by atoms with Crippen molar-refractivity contribution in [3.05, 3.63) is 36.3 Å². The summed E-state index contributed by atoms with van der Waals surface area (Å²) in [5.41, 5.74) is 2.24. The second-order valence-electron chi connectivity index (χ2n) is 4.98. The average molecular weight is 256 g/mol. The lowest BCUT2D eigenvalue weighted by Gasteiger charge is -2.07. The zero-order valence-electron chi connectivity index (χ0n) is 10.5. The van der Waals surface area contributed by atoms with Gasteiger partial charge in [0.25, 0.3) is 0 Å². The first kappa shape index (κ1) is 10.7. The van der Waals surface area contributed by atoms with Crippen LogP contribution in [0.25, 0.3) is 22.6 Å². The summed E-state index contributed by atoms with van der Waals surface area (Å²) in [6, 6.07) is 7.49. The molecule has 0 radical (unpaired) electrons. The Morgan fingerprint density at radius 3 is 2.79 bits per heavy atom. The quantitative estimate of drug-likeness (QED) is 0.706. The fraction of sp³-hybridized carbons (Fsp3) is 0.286. The van der Waals surface area contributed by atoms with Crippen LogP contribution in [0.15, 0.2) is 30.5 Å². The highest BCUT2D eigenvalue weighted by Crippen LogP contribution is 2.41. The number of rotatable bonds is 2. The van der Waals surface area contributed by atoms with E-state index in [9.17, 15) is 4.39 Å². The lowest BCUT2D eigenvalue weighted by molar-refractivity contribution is 0.637. The van der Waals surface area contributed by atoms with Gasteiger partial charge in [0, 0.05) is 19.3 Å². The first-order chi connectivity index (χ1) is 9.25. The molecule has 4 rings (SSSR count). The van der Waals surface area contributed by atoms with Crippen molar-refractivity contribution in [2.45, 2.75) is 18.9 Å². The third kappa shape index (κ3) is 1.51. The molecule has 1 aliphatic carbocycles. The summed E-state index contributed by atoms with van der Waals surface area (Å²) in [4.78, 5) is 4.50. The molecule has 0 unspecified atom stereocenters. The molecule has 0 bridgehead atoms. The van der Waals surface area contributed by atoms with Crippen LogP contribution in [0.2, 0.25) is 0 Å². The highest BCUT2D eigenvalue weighted by atomic mass is 19.1. The van der Waals surface area contributed by atoms with Crippen molar-refractivity contribution in [1.29, 1.82) is 0 Å². The number of hydrogen-bond acceptors (Lipinski definition) is 2. The monoisotopic (exact) mass is 256 g/mol. The van der Waals surface area contributed by atoms with E-state index in [0.717, 1.165) is 29.9 Å². The predicted octanol–water partition coefficient (Wildman–Crippen LogP) is 2.91. The summed E-state index contributed by atoms with van der Waals surface area (Å²) >= 11 is 0. The van der Waals surface area contributed by atoms with Crippen LogP contribution in [0.5, 0.6) is 0 Å². The van der Waals surface area contributed by atoms with Gasteiger partial charge in [0.2, 0.25) is 0 Å². The normalized spacial score (nSPS) is 15.3. The Bertz CT molecular complexity index is 767. The lowest BCUT2D eigenvalue weighted by atomic mass is 10.3. The lowest BCUT2D eigenvalue weighted by Crippen LogP contribution is -2.01. The highest BCUT2D eigenvalue weighted by Gasteiger charge is 2.30. The van der Waals surface area contributed by atoms with E-state index in [1.54, 1.807) is 16.9 Å². The Morgan fingerprint density at radius 1 is 1.26 bits per heavy atom. The van der Waals surface area contributed by atoms with Crippen molar-refractivity contribution >= 4 is 11.0 Å². The second-order valence-corrected chi connectivity index (χ2v) is 4.98. The maximum atomic E-state index is 13.9. The molecule has 1 saturated carbocycles. The zero-order valence-corrected chi connectivity index (χ0v) is 10.5. The molecule has 1 fully saturated rings. The first-order valence-electron chi connectivity index (χ1n) is 6.40. The third-order valence-electron chi connectivity index (χ3n) is 3.63. The van der Waals surface area contributed by atoms with Crippen LogP contribution in [-0.4, -0.2) is 19.3 Å².